The van der Waals surface area contributed by atoms with Gasteiger partial charge in [-0.2, -0.15) is 0 Å². The van der Waals surface area contributed by atoms with Gasteiger partial charge in [0.2, 0.25) is 0 Å². The SMILES string of the molecule is CC(C)OCCC(C)(OC(=O)O)c1ccccc1. The van der Waals surface area contributed by atoms with E-state index in [4.69, 9.17) is 14.6 Å². The summed E-state index contributed by atoms with van der Waals surface area (Å²) in [5.41, 5.74) is -0.0399. The van der Waals surface area contributed by atoms with E-state index in [-0.39, 0.29) is 6.10 Å². The lowest BCUT2D eigenvalue weighted by molar-refractivity contribution is -0.0390. The molecule has 0 saturated heterocycles. The first-order valence-electron chi connectivity index (χ1n) is 6.03. The highest BCUT2D eigenvalue weighted by atomic mass is 16.7. The second-order valence-corrected chi connectivity index (χ2v) is 4.63. The molecule has 100 valence electrons. The van der Waals surface area contributed by atoms with E-state index in [1.807, 2.05) is 44.2 Å². The molecule has 1 atom stereocenters. The van der Waals surface area contributed by atoms with E-state index in [0.29, 0.717) is 13.0 Å². The minimum absolute atomic E-state index is 0.120. The molecule has 4 heteroatoms. The van der Waals surface area contributed by atoms with Gasteiger partial charge >= 0.3 is 6.16 Å². The Labute approximate surface area is 108 Å². The normalized spacial score (nSPS) is 14.2. The fourth-order valence-electron chi connectivity index (χ4n) is 1.73. The lowest BCUT2D eigenvalue weighted by Gasteiger charge is -2.29. The Morgan fingerprint density at radius 1 is 1.33 bits per heavy atom. The van der Waals surface area contributed by atoms with Crippen molar-refractivity contribution in [3.05, 3.63) is 35.9 Å². The van der Waals surface area contributed by atoms with Crippen LogP contribution in [0.3, 0.4) is 0 Å². The molecule has 0 bridgehead atoms. The third kappa shape index (κ3) is 4.37. The van der Waals surface area contributed by atoms with Crippen molar-refractivity contribution in [3.8, 4) is 0 Å². The highest BCUT2D eigenvalue weighted by Gasteiger charge is 2.30. The van der Waals surface area contributed by atoms with Crippen LogP contribution in [0.15, 0.2) is 30.3 Å². The zero-order valence-corrected chi connectivity index (χ0v) is 11.1. The molecule has 0 amide bonds. The topological polar surface area (TPSA) is 55.8 Å². The van der Waals surface area contributed by atoms with E-state index in [1.165, 1.54) is 0 Å². The van der Waals surface area contributed by atoms with Crippen LogP contribution in [-0.4, -0.2) is 24.0 Å². The summed E-state index contributed by atoms with van der Waals surface area (Å²) < 4.78 is 10.5. The van der Waals surface area contributed by atoms with E-state index in [2.05, 4.69) is 0 Å². The van der Waals surface area contributed by atoms with Crippen molar-refractivity contribution in [2.24, 2.45) is 0 Å². The summed E-state index contributed by atoms with van der Waals surface area (Å²) in [7, 11) is 0. The summed E-state index contributed by atoms with van der Waals surface area (Å²) in [6.07, 6.45) is -0.664. The maximum atomic E-state index is 10.8. The first-order valence-corrected chi connectivity index (χ1v) is 6.03. The van der Waals surface area contributed by atoms with Gasteiger partial charge in [-0.05, 0) is 26.3 Å². The Bertz CT molecular complexity index is 375. The van der Waals surface area contributed by atoms with Gasteiger partial charge in [0.1, 0.15) is 5.60 Å². The Balaban J connectivity index is 2.79. The smallest absolute Gasteiger partial charge is 0.450 e. The largest absolute Gasteiger partial charge is 0.506 e. The van der Waals surface area contributed by atoms with Crippen molar-refractivity contribution in [2.45, 2.75) is 38.9 Å². The van der Waals surface area contributed by atoms with Gasteiger partial charge in [-0.3, -0.25) is 0 Å². The average molecular weight is 252 g/mol. The van der Waals surface area contributed by atoms with Crippen LogP contribution in [0.4, 0.5) is 4.79 Å². The van der Waals surface area contributed by atoms with Crippen molar-refractivity contribution in [2.75, 3.05) is 6.61 Å². The minimum atomic E-state index is -1.27. The van der Waals surface area contributed by atoms with Crippen LogP contribution in [0, 0.1) is 0 Å². The fraction of sp³-hybridized carbons (Fsp3) is 0.500. The molecule has 0 heterocycles. The first kappa shape index (κ1) is 14.5. The predicted octanol–water partition coefficient (Wildman–Crippen LogP) is 3.41. The van der Waals surface area contributed by atoms with E-state index in [0.717, 1.165) is 5.56 Å². The number of benzene rings is 1. The molecule has 0 aliphatic heterocycles. The summed E-state index contributed by atoms with van der Waals surface area (Å²) in [5.74, 6) is 0. The molecule has 1 aromatic carbocycles. The van der Waals surface area contributed by atoms with E-state index >= 15 is 0 Å². The first-order chi connectivity index (χ1) is 8.44. The van der Waals surface area contributed by atoms with E-state index < -0.39 is 11.8 Å². The van der Waals surface area contributed by atoms with Crippen LogP contribution in [0.2, 0.25) is 0 Å². The van der Waals surface area contributed by atoms with Crippen LogP contribution >= 0.6 is 0 Å². The third-order valence-electron chi connectivity index (χ3n) is 2.73. The van der Waals surface area contributed by atoms with Crippen molar-refractivity contribution < 1.29 is 19.4 Å². The van der Waals surface area contributed by atoms with Gasteiger partial charge in [-0.25, -0.2) is 4.79 Å². The Morgan fingerprint density at radius 3 is 2.44 bits per heavy atom. The van der Waals surface area contributed by atoms with Crippen LogP contribution in [0.1, 0.15) is 32.8 Å². The van der Waals surface area contributed by atoms with E-state index in [9.17, 15) is 4.79 Å². The fourth-order valence-corrected chi connectivity index (χ4v) is 1.73. The zero-order chi connectivity index (χ0) is 13.6. The summed E-state index contributed by atoms with van der Waals surface area (Å²) in [5, 5.41) is 8.86. The molecule has 0 spiro atoms. The van der Waals surface area contributed by atoms with Gasteiger partial charge in [0, 0.05) is 6.42 Å². The van der Waals surface area contributed by atoms with Crippen molar-refractivity contribution in [1.29, 1.82) is 0 Å². The lowest BCUT2D eigenvalue weighted by atomic mass is 9.92. The summed E-state index contributed by atoms with van der Waals surface area (Å²) in [6, 6.07) is 9.33. The third-order valence-corrected chi connectivity index (χ3v) is 2.73. The molecule has 0 fully saturated rings. The lowest BCUT2D eigenvalue weighted by Crippen LogP contribution is -2.30. The molecule has 0 aromatic heterocycles. The molecule has 1 rings (SSSR count). The van der Waals surface area contributed by atoms with Gasteiger partial charge in [-0.1, -0.05) is 30.3 Å². The van der Waals surface area contributed by atoms with Crippen molar-refractivity contribution in [3.63, 3.8) is 0 Å². The quantitative estimate of drug-likeness (QED) is 0.788. The Kier molecular flexibility index (Phi) is 5.16. The van der Waals surface area contributed by atoms with Crippen LogP contribution in [0.25, 0.3) is 0 Å². The van der Waals surface area contributed by atoms with Gasteiger partial charge in [-0.15, -0.1) is 0 Å². The van der Waals surface area contributed by atoms with Gasteiger partial charge in [0.25, 0.3) is 0 Å². The minimum Gasteiger partial charge on any atom is -0.450 e. The molecule has 1 aromatic rings. The summed E-state index contributed by atoms with van der Waals surface area (Å²) >= 11 is 0. The summed E-state index contributed by atoms with van der Waals surface area (Å²) in [4.78, 5) is 10.8. The standard InChI is InChI=1S/C14H20O4/c1-11(2)17-10-9-14(3,18-13(15)16)12-7-5-4-6-8-12/h4-8,11H,9-10H2,1-3H3,(H,15,16). The molecule has 18 heavy (non-hydrogen) atoms. The van der Waals surface area contributed by atoms with Gasteiger partial charge < -0.3 is 14.6 Å². The van der Waals surface area contributed by atoms with Gasteiger partial charge in [0.15, 0.2) is 0 Å². The van der Waals surface area contributed by atoms with Crippen LogP contribution in [0.5, 0.6) is 0 Å². The molecule has 4 nitrogen and oxygen atoms in total. The highest BCUT2D eigenvalue weighted by molar-refractivity contribution is 5.58. The number of carboxylic acid groups (broad SMARTS) is 1. The maximum absolute atomic E-state index is 10.8. The second-order valence-electron chi connectivity index (χ2n) is 4.63. The highest BCUT2D eigenvalue weighted by Crippen LogP contribution is 2.29. The van der Waals surface area contributed by atoms with Crippen molar-refractivity contribution in [1.82, 2.24) is 0 Å². The number of ether oxygens (including phenoxy) is 2. The second kappa shape index (κ2) is 6.40. The van der Waals surface area contributed by atoms with Crippen LogP contribution in [-0.2, 0) is 15.1 Å². The molecule has 1 N–H and O–H groups in total. The number of carbonyl (C=O) groups is 1. The Hall–Kier alpha value is -1.55. The number of rotatable bonds is 6. The van der Waals surface area contributed by atoms with E-state index in [1.54, 1.807) is 6.92 Å². The molecular weight excluding hydrogens is 232 g/mol. The molecule has 0 aliphatic carbocycles. The molecule has 0 radical (unpaired) electrons. The maximum Gasteiger partial charge on any atom is 0.506 e. The molecular formula is C14H20O4. The van der Waals surface area contributed by atoms with Crippen molar-refractivity contribution >= 4 is 6.16 Å². The monoisotopic (exact) mass is 252 g/mol. The molecule has 0 saturated carbocycles. The summed E-state index contributed by atoms with van der Waals surface area (Å²) in [6.45, 7) is 6.10. The Morgan fingerprint density at radius 2 is 1.94 bits per heavy atom. The predicted molar refractivity (Wildman–Crippen MR) is 68.6 cm³/mol. The number of hydrogen-bond donors (Lipinski definition) is 1. The molecule has 0 aliphatic rings. The zero-order valence-electron chi connectivity index (χ0n) is 11.1. The average Bonchev–Trinajstić information content (AvgIpc) is 2.28. The van der Waals surface area contributed by atoms with Gasteiger partial charge in [0.05, 0.1) is 12.7 Å². The number of hydrogen-bond acceptors (Lipinski definition) is 3. The molecule has 1 unspecified atom stereocenters. The van der Waals surface area contributed by atoms with Crippen LogP contribution < -0.4 is 0 Å².